The largest absolute Gasteiger partial charge is 0.395 e. The Bertz CT molecular complexity index is 207. The van der Waals surface area contributed by atoms with Crippen molar-refractivity contribution in [2.75, 3.05) is 19.7 Å². The van der Waals surface area contributed by atoms with Crippen LogP contribution in [0, 0.1) is 0 Å². The Kier molecular flexibility index (Phi) is 7.02. The van der Waals surface area contributed by atoms with E-state index in [-0.39, 0.29) is 30.9 Å². The summed E-state index contributed by atoms with van der Waals surface area (Å²) in [6, 6.07) is -0.196. The third kappa shape index (κ3) is 5.51. The molecule has 0 aliphatic heterocycles. The zero-order chi connectivity index (χ0) is 11.1. The van der Waals surface area contributed by atoms with Gasteiger partial charge < -0.3 is 10.0 Å². The fourth-order valence-corrected chi connectivity index (χ4v) is 1.36. The summed E-state index contributed by atoms with van der Waals surface area (Å²) in [6.07, 6.45) is 0. The Balaban J connectivity index is 4.21. The molecule has 0 aliphatic rings. The van der Waals surface area contributed by atoms with Crippen LogP contribution in [0.3, 0.4) is 0 Å². The quantitative estimate of drug-likeness (QED) is 0.523. The third-order valence-electron chi connectivity index (χ3n) is 1.67. The van der Waals surface area contributed by atoms with E-state index in [2.05, 4.69) is 3.53 Å². The first kappa shape index (κ1) is 13.8. The van der Waals surface area contributed by atoms with Crippen LogP contribution in [0.25, 0.3) is 0 Å². The van der Waals surface area contributed by atoms with Crippen molar-refractivity contribution in [3.05, 3.63) is 0 Å². The van der Waals surface area contributed by atoms with Crippen molar-refractivity contribution in [2.45, 2.75) is 19.9 Å². The number of rotatable bonds is 6. The molecule has 0 aromatic heterocycles. The highest BCUT2D eigenvalue weighted by molar-refractivity contribution is 14.1. The van der Waals surface area contributed by atoms with Crippen LogP contribution < -0.4 is 3.53 Å². The van der Waals surface area contributed by atoms with Gasteiger partial charge in [0.25, 0.3) is 0 Å². The van der Waals surface area contributed by atoms with Crippen LogP contribution in [0.1, 0.15) is 13.8 Å². The number of hydrogen-bond donors (Lipinski definition) is 2. The highest BCUT2D eigenvalue weighted by Gasteiger charge is 2.15. The number of hydrogen-bond acceptors (Lipinski definition) is 4. The van der Waals surface area contributed by atoms with Gasteiger partial charge in [0.1, 0.15) is 5.78 Å². The second-order valence-corrected chi connectivity index (χ2v) is 3.71. The highest BCUT2D eigenvalue weighted by Crippen LogP contribution is 1.96. The Morgan fingerprint density at radius 1 is 1.50 bits per heavy atom. The number of nitrogens with zero attached hydrogens (tertiary/aromatic N) is 1. The number of carbonyl (C=O) groups is 2. The number of Topliss-reactive ketones (excluding diaryl/α,β-unsaturated/α-hetero) is 1. The SMILES string of the molecule is CC(=O)CN(C[C@H](CO)NI)C(C)=O. The minimum atomic E-state index is -0.196. The van der Waals surface area contributed by atoms with Crippen LogP contribution in [0.2, 0.25) is 0 Å². The molecule has 2 N–H and O–H groups in total. The van der Waals surface area contributed by atoms with Crippen molar-refractivity contribution < 1.29 is 14.7 Å². The molecule has 0 rings (SSSR count). The molecule has 0 aromatic rings. The summed E-state index contributed by atoms with van der Waals surface area (Å²) < 4.78 is 2.83. The van der Waals surface area contributed by atoms with Crippen molar-refractivity contribution in [3.63, 3.8) is 0 Å². The zero-order valence-electron chi connectivity index (χ0n) is 8.29. The summed E-state index contributed by atoms with van der Waals surface area (Å²) in [4.78, 5) is 23.4. The summed E-state index contributed by atoms with van der Waals surface area (Å²) in [5.74, 6) is -0.226. The van der Waals surface area contributed by atoms with Gasteiger partial charge in [-0.1, -0.05) is 0 Å². The summed E-state index contributed by atoms with van der Waals surface area (Å²) in [5, 5.41) is 8.90. The van der Waals surface area contributed by atoms with Gasteiger partial charge in [-0.05, 0) is 6.92 Å². The van der Waals surface area contributed by atoms with E-state index in [4.69, 9.17) is 5.11 Å². The second kappa shape index (κ2) is 7.13. The highest BCUT2D eigenvalue weighted by atomic mass is 127. The number of aliphatic hydroxyl groups is 1. The summed E-state index contributed by atoms with van der Waals surface area (Å²) in [7, 11) is 0. The van der Waals surface area contributed by atoms with Crippen molar-refractivity contribution in [2.24, 2.45) is 0 Å². The van der Waals surface area contributed by atoms with Gasteiger partial charge >= 0.3 is 0 Å². The van der Waals surface area contributed by atoms with Crippen molar-refractivity contribution >= 4 is 34.6 Å². The molecule has 0 bridgehead atoms. The van der Waals surface area contributed by atoms with E-state index in [1.807, 2.05) is 22.9 Å². The number of amides is 1. The molecule has 0 spiro atoms. The number of nitrogens with one attached hydrogen (secondary N) is 1. The minimum Gasteiger partial charge on any atom is -0.395 e. The summed E-state index contributed by atoms with van der Waals surface area (Å²) in [5.41, 5.74) is 0. The Labute approximate surface area is 97.3 Å². The first-order valence-corrected chi connectivity index (χ1v) is 5.31. The second-order valence-electron chi connectivity index (χ2n) is 3.09. The number of aliphatic hydroxyl groups excluding tert-OH is 1. The third-order valence-corrected chi connectivity index (χ3v) is 2.56. The summed E-state index contributed by atoms with van der Waals surface area (Å²) in [6.45, 7) is 3.22. The topological polar surface area (TPSA) is 69.6 Å². The van der Waals surface area contributed by atoms with E-state index in [1.165, 1.54) is 18.7 Å². The molecule has 1 atom stereocenters. The van der Waals surface area contributed by atoms with Crippen LogP contribution >= 0.6 is 22.9 Å². The van der Waals surface area contributed by atoms with Gasteiger partial charge in [0, 0.05) is 36.3 Å². The normalized spacial score (nSPS) is 12.3. The average molecular weight is 314 g/mol. The number of halogens is 1. The molecular formula is C8H15IN2O3. The Hall–Kier alpha value is -0.210. The fourth-order valence-electron chi connectivity index (χ4n) is 0.966. The fraction of sp³-hybridized carbons (Fsp3) is 0.750. The summed E-state index contributed by atoms with van der Waals surface area (Å²) >= 11 is 1.91. The predicted octanol–water partition coefficient (Wildman–Crippen LogP) is -0.276. The molecule has 0 heterocycles. The van der Waals surface area contributed by atoms with E-state index in [9.17, 15) is 9.59 Å². The smallest absolute Gasteiger partial charge is 0.219 e. The van der Waals surface area contributed by atoms with Gasteiger partial charge in [0.15, 0.2) is 0 Å². The Morgan fingerprint density at radius 3 is 2.36 bits per heavy atom. The molecule has 6 heteroatoms. The van der Waals surface area contributed by atoms with Crippen LogP contribution in [-0.4, -0.2) is 47.4 Å². The van der Waals surface area contributed by atoms with Crippen molar-refractivity contribution in [1.29, 1.82) is 0 Å². The number of ketones is 1. The number of carbonyl (C=O) groups excluding carboxylic acids is 2. The molecule has 0 fully saturated rings. The van der Waals surface area contributed by atoms with Crippen molar-refractivity contribution in [3.8, 4) is 0 Å². The van der Waals surface area contributed by atoms with Gasteiger partial charge in [-0.15, -0.1) is 0 Å². The lowest BCUT2D eigenvalue weighted by molar-refractivity contribution is -0.133. The van der Waals surface area contributed by atoms with Crippen LogP contribution in [0.15, 0.2) is 0 Å². The molecule has 0 saturated carbocycles. The maximum Gasteiger partial charge on any atom is 0.219 e. The lowest BCUT2D eigenvalue weighted by Crippen LogP contribution is -2.43. The predicted molar refractivity (Wildman–Crippen MR) is 61.0 cm³/mol. The lowest BCUT2D eigenvalue weighted by atomic mass is 10.3. The molecule has 0 saturated heterocycles. The van der Waals surface area contributed by atoms with E-state index in [0.717, 1.165) is 0 Å². The molecule has 14 heavy (non-hydrogen) atoms. The standard InChI is InChI=1S/C8H15IN2O3/c1-6(13)3-11(7(2)14)4-8(5-12)10-9/h8,10,12H,3-5H2,1-2H3/t8-/m1/s1. The molecule has 0 unspecified atom stereocenters. The van der Waals surface area contributed by atoms with E-state index in [0.29, 0.717) is 6.54 Å². The molecule has 0 aromatic carbocycles. The lowest BCUT2D eigenvalue weighted by Gasteiger charge is -2.23. The van der Waals surface area contributed by atoms with E-state index in [1.54, 1.807) is 0 Å². The van der Waals surface area contributed by atoms with Gasteiger partial charge in [0.2, 0.25) is 5.91 Å². The maximum absolute atomic E-state index is 11.1. The van der Waals surface area contributed by atoms with Gasteiger partial charge in [-0.3, -0.25) is 13.1 Å². The van der Waals surface area contributed by atoms with Gasteiger partial charge in [-0.25, -0.2) is 0 Å². The molecule has 1 amide bonds. The molecule has 0 aliphatic carbocycles. The van der Waals surface area contributed by atoms with E-state index >= 15 is 0 Å². The van der Waals surface area contributed by atoms with Gasteiger partial charge in [0.05, 0.1) is 19.2 Å². The monoisotopic (exact) mass is 314 g/mol. The zero-order valence-corrected chi connectivity index (χ0v) is 10.4. The minimum absolute atomic E-state index is 0.0645. The van der Waals surface area contributed by atoms with Gasteiger partial charge in [-0.2, -0.15) is 0 Å². The first-order valence-electron chi connectivity index (χ1n) is 4.23. The average Bonchev–Trinajstić information content (AvgIpc) is 2.11. The molecule has 82 valence electrons. The van der Waals surface area contributed by atoms with E-state index < -0.39 is 0 Å². The van der Waals surface area contributed by atoms with Crippen molar-refractivity contribution in [1.82, 2.24) is 8.43 Å². The molecule has 5 nitrogen and oxygen atoms in total. The molecule has 0 radical (unpaired) electrons. The molecular weight excluding hydrogens is 299 g/mol. The maximum atomic E-state index is 11.1. The van der Waals surface area contributed by atoms with Crippen LogP contribution in [-0.2, 0) is 9.59 Å². The first-order chi connectivity index (χ1) is 6.51. The van der Waals surface area contributed by atoms with Crippen LogP contribution in [0.5, 0.6) is 0 Å². The Morgan fingerprint density at radius 2 is 2.07 bits per heavy atom. The van der Waals surface area contributed by atoms with Crippen LogP contribution in [0.4, 0.5) is 0 Å².